The zero-order valence-corrected chi connectivity index (χ0v) is 18.5. The minimum Gasteiger partial charge on any atom is -0.444 e. The summed E-state index contributed by atoms with van der Waals surface area (Å²) in [6, 6.07) is 10.5. The molecule has 1 amide bonds. The van der Waals surface area contributed by atoms with Crippen LogP contribution in [0, 0.1) is 6.92 Å². The summed E-state index contributed by atoms with van der Waals surface area (Å²) >= 11 is 6.02. The lowest BCUT2D eigenvalue weighted by atomic mass is 10.1. The van der Waals surface area contributed by atoms with Crippen LogP contribution in [0.2, 0.25) is 5.28 Å². The molecule has 0 N–H and O–H groups in total. The number of carbonyl (C=O) groups excluding carboxylic acids is 1. The largest absolute Gasteiger partial charge is 0.444 e. The fourth-order valence-corrected chi connectivity index (χ4v) is 3.69. The highest BCUT2D eigenvalue weighted by Gasteiger charge is 2.29. The molecule has 6 nitrogen and oxygen atoms in total. The van der Waals surface area contributed by atoms with Gasteiger partial charge in [0, 0.05) is 43.5 Å². The highest BCUT2D eigenvalue weighted by Crippen LogP contribution is 2.23. The second-order valence-corrected chi connectivity index (χ2v) is 8.95. The van der Waals surface area contributed by atoms with Crippen LogP contribution in [0.3, 0.4) is 0 Å². The Labute approximate surface area is 177 Å². The van der Waals surface area contributed by atoms with Gasteiger partial charge in [-0.15, -0.1) is 0 Å². The van der Waals surface area contributed by atoms with E-state index >= 15 is 0 Å². The highest BCUT2D eigenvalue weighted by atomic mass is 35.5. The van der Waals surface area contributed by atoms with Crippen molar-refractivity contribution in [3.63, 3.8) is 0 Å². The van der Waals surface area contributed by atoms with Crippen molar-refractivity contribution in [2.24, 2.45) is 0 Å². The minimum absolute atomic E-state index is 0.234. The van der Waals surface area contributed by atoms with E-state index in [4.69, 9.17) is 16.3 Å². The molecule has 0 aliphatic carbocycles. The number of amides is 1. The van der Waals surface area contributed by atoms with E-state index in [2.05, 4.69) is 33.9 Å². The van der Waals surface area contributed by atoms with Crippen LogP contribution in [0.1, 0.15) is 39.0 Å². The number of halogens is 1. The molecule has 3 rings (SSSR count). The number of benzene rings is 1. The first kappa shape index (κ1) is 21.5. The zero-order valence-electron chi connectivity index (χ0n) is 17.8. The van der Waals surface area contributed by atoms with Crippen LogP contribution in [-0.4, -0.2) is 57.1 Å². The van der Waals surface area contributed by atoms with Gasteiger partial charge in [0.1, 0.15) is 5.60 Å². The lowest BCUT2D eigenvalue weighted by Gasteiger charge is -2.40. The van der Waals surface area contributed by atoms with Crippen LogP contribution in [0.4, 0.5) is 4.79 Å². The van der Waals surface area contributed by atoms with E-state index in [1.54, 1.807) is 4.90 Å². The zero-order chi connectivity index (χ0) is 21.2. The van der Waals surface area contributed by atoms with Gasteiger partial charge in [-0.25, -0.2) is 14.8 Å². The maximum atomic E-state index is 12.3. The number of piperazine rings is 1. The van der Waals surface area contributed by atoms with Crippen LogP contribution in [0.5, 0.6) is 0 Å². The molecule has 2 heterocycles. The average molecular weight is 417 g/mol. The number of hydrogen-bond acceptors (Lipinski definition) is 5. The minimum atomic E-state index is -0.472. The smallest absolute Gasteiger partial charge is 0.410 e. The van der Waals surface area contributed by atoms with E-state index in [1.807, 2.05) is 45.9 Å². The molecule has 0 bridgehead atoms. The summed E-state index contributed by atoms with van der Waals surface area (Å²) in [5, 5.41) is 0.261. The lowest BCUT2D eigenvalue weighted by Crippen LogP contribution is -2.54. The summed E-state index contributed by atoms with van der Waals surface area (Å²) in [5.74, 6) is 0. The average Bonchev–Trinajstić information content (AvgIpc) is 2.61. The Hall–Kier alpha value is -2.18. The van der Waals surface area contributed by atoms with E-state index < -0.39 is 5.60 Å². The van der Waals surface area contributed by atoms with Gasteiger partial charge < -0.3 is 9.64 Å². The van der Waals surface area contributed by atoms with Gasteiger partial charge in [0.05, 0.1) is 5.69 Å². The Morgan fingerprint density at radius 3 is 2.66 bits per heavy atom. The number of nitrogens with zero attached hydrogens (tertiary/aromatic N) is 4. The van der Waals surface area contributed by atoms with Crippen molar-refractivity contribution in [1.82, 2.24) is 19.8 Å². The quantitative estimate of drug-likeness (QED) is 0.687. The first-order valence-corrected chi connectivity index (χ1v) is 10.3. The van der Waals surface area contributed by atoms with Gasteiger partial charge in [-0.2, -0.15) is 0 Å². The lowest BCUT2D eigenvalue weighted by molar-refractivity contribution is 0.00461. The predicted molar refractivity (Wildman–Crippen MR) is 115 cm³/mol. The summed E-state index contributed by atoms with van der Waals surface area (Å²) in [7, 11) is 0. The number of carbonyl (C=O) groups is 1. The van der Waals surface area contributed by atoms with Crippen molar-refractivity contribution in [1.29, 1.82) is 0 Å². The Balaban J connectivity index is 1.66. The van der Waals surface area contributed by atoms with Gasteiger partial charge in [-0.05, 0) is 63.9 Å². The fraction of sp³-hybridized carbons (Fsp3) is 0.500. The molecule has 1 aromatic carbocycles. The molecule has 1 atom stereocenters. The number of aryl methyl sites for hydroxylation is 1. The van der Waals surface area contributed by atoms with Crippen molar-refractivity contribution in [2.45, 2.75) is 52.8 Å². The van der Waals surface area contributed by atoms with E-state index in [1.165, 1.54) is 5.56 Å². The molecule has 29 heavy (non-hydrogen) atoms. The molecule has 1 aromatic heterocycles. The van der Waals surface area contributed by atoms with Crippen LogP contribution in [0.15, 0.2) is 30.3 Å². The van der Waals surface area contributed by atoms with Gasteiger partial charge in [0.25, 0.3) is 0 Å². The normalized spacial score (nSPS) is 18.0. The molecule has 0 unspecified atom stereocenters. The molecular formula is C22H29ClN4O2. The van der Waals surface area contributed by atoms with E-state index in [9.17, 15) is 4.79 Å². The van der Waals surface area contributed by atoms with E-state index in [0.717, 1.165) is 30.0 Å². The van der Waals surface area contributed by atoms with Gasteiger partial charge in [-0.3, -0.25) is 4.90 Å². The first-order valence-electron chi connectivity index (χ1n) is 9.93. The van der Waals surface area contributed by atoms with Crippen molar-refractivity contribution in [2.75, 3.05) is 19.6 Å². The predicted octanol–water partition coefficient (Wildman–Crippen LogP) is 4.55. The number of hydrogen-bond donors (Lipinski definition) is 0. The maximum Gasteiger partial charge on any atom is 0.410 e. The summed E-state index contributed by atoms with van der Waals surface area (Å²) < 4.78 is 5.51. The van der Waals surface area contributed by atoms with Crippen LogP contribution in [-0.2, 0) is 11.3 Å². The van der Waals surface area contributed by atoms with E-state index in [-0.39, 0.29) is 17.4 Å². The molecule has 1 aliphatic heterocycles. The molecule has 7 heteroatoms. The summed E-state index contributed by atoms with van der Waals surface area (Å²) in [6.45, 7) is 12.7. The Morgan fingerprint density at radius 1 is 1.24 bits per heavy atom. The van der Waals surface area contributed by atoms with Crippen molar-refractivity contribution in [3.8, 4) is 11.3 Å². The fourth-order valence-electron chi connectivity index (χ4n) is 3.47. The van der Waals surface area contributed by atoms with E-state index in [0.29, 0.717) is 13.1 Å². The van der Waals surface area contributed by atoms with Crippen LogP contribution < -0.4 is 0 Å². The van der Waals surface area contributed by atoms with Gasteiger partial charge in [-0.1, -0.05) is 18.2 Å². The summed E-state index contributed by atoms with van der Waals surface area (Å²) in [5.41, 5.74) is 3.42. The van der Waals surface area contributed by atoms with Gasteiger partial charge >= 0.3 is 6.09 Å². The Morgan fingerprint density at radius 2 is 2.00 bits per heavy atom. The summed E-state index contributed by atoms with van der Waals surface area (Å²) in [6.07, 6.45) is -0.234. The van der Waals surface area contributed by atoms with Gasteiger partial charge in [0.15, 0.2) is 0 Å². The first-order chi connectivity index (χ1) is 13.6. The second-order valence-electron chi connectivity index (χ2n) is 8.61. The molecule has 1 fully saturated rings. The monoisotopic (exact) mass is 416 g/mol. The third kappa shape index (κ3) is 5.90. The molecule has 1 saturated heterocycles. The number of ether oxygens (including phenoxy) is 1. The molecule has 0 radical (unpaired) electrons. The van der Waals surface area contributed by atoms with Crippen molar-refractivity contribution < 1.29 is 9.53 Å². The SMILES string of the molecule is Cc1cc(-c2cccc(CN3CCN(C(=O)OC(C)(C)C)C[C@@H]3C)c2)nc(Cl)n1. The van der Waals surface area contributed by atoms with Crippen LogP contribution >= 0.6 is 11.6 Å². The Kier molecular flexibility index (Phi) is 6.44. The molecule has 0 saturated carbocycles. The standard InChI is InChI=1S/C22H29ClN4O2/c1-15-11-19(25-20(23)24-15)18-8-6-7-17(12-18)14-26-9-10-27(13-16(26)2)21(28)29-22(3,4)5/h6-8,11-12,16H,9-10,13-14H2,1-5H3/t16-/m0/s1. The number of rotatable bonds is 3. The summed E-state index contributed by atoms with van der Waals surface area (Å²) in [4.78, 5) is 25.0. The maximum absolute atomic E-state index is 12.3. The second kappa shape index (κ2) is 8.67. The molecule has 0 spiro atoms. The van der Waals surface area contributed by atoms with Crippen molar-refractivity contribution >= 4 is 17.7 Å². The Bertz CT molecular complexity index is 861. The topological polar surface area (TPSA) is 58.6 Å². The van der Waals surface area contributed by atoms with Crippen molar-refractivity contribution in [3.05, 3.63) is 46.9 Å². The van der Waals surface area contributed by atoms with Gasteiger partial charge in [0.2, 0.25) is 5.28 Å². The molecule has 1 aliphatic rings. The third-order valence-electron chi connectivity index (χ3n) is 4.85. The molecule has 2 aromatic rings. The number of aromatic nitrogens is 2. The molecule has 156 valence electrons. The highest BCUT2D eigenvalue weighted by molar-refractivity contribution is 6.28. The molecular weight excluding hydrogens is 388 g/mol. The third-order valence-corrected chi connectivity index (χ3v) is 5.02. The van der Waals surface area contributed by atoms with Crippen LogP contribution in [0.25, 0.3) is 11.3 Å².